The maximum Gasteiger partial charge on any atom is 0.219 e. The molecule has 23 heavy (non-hydrogen) atoms. The Hall–Kier alpha value is -1.68. The molecule has 0 radical (unpaired) electrons. The molecular formula is C18H24ClN3O. The number of piperidine rings is 1. The van der Waals surface area contributed by atoms with Gasteiger partial charge < -0.3 is 14.8 Å². The van der Waals surface area contributed by atoms with Gasteiger partial charge in [0.15, 0.2) is 0 Å². The van der Waals surface area contributed by atoms with Crippen molar-refractivity contribution in [3.05, 3.63) is 29.4 Å². The molecule has 2 aromatic rings. The molecule has 0 saturated carbocycles. The van der Waals surface area contributed by atoms with E-state index in [1.165, 1.54) is 11.1 Å². The highest BCUT2D eigenvalue weighted by molar-refractivity contribution is 6.31. The van der Waals surface area contributed by atoms with Crippen molar-refractivity contribution in [1.29, 1.82) is 0 Å². The van der Waals surface area contributed by atoms with Crippen LogP contribution in [-0.2, 0) is 4.79 Å². The number of aromatic amines is 1. The van der Waals surface area contributed by atoms with Gasteiger partial charge in [0.2, 0.25) is 5.91 Å². The van der Waals surface area contributed by atoms with Gasteiger partial charge in [-0.25, -0.2) is 0 Å². The van der Waals surface area contributed by atoms with Gasteiger partial charge >= 0.3 is 0 Å². The van der Waals surface area contributed by atoms with Gasteiger partial charge in [0.05, 0.1) is 0 Å². The van der Waals surface area contributed by atoms with Gasteiger partial charge in [-0.15, -0.1) is 0 Å². The number of amides is 1. The van der Waals surface area contributed by atoms with Crippen LogP contribution in [0.15, 0.2) is 24.4 Å². The zero-order valence-electron chi connectivity index (χ0n) is 14.2. The number of fused-ring (bicyclic) bond motifs is 1. The number of carbonyl (C=O) groups is 1. The van der Waals surface area contributed by atoms with E-state index in [9.17, 15) is 4.79 Å². The molecule has 1 unspecified atom stereocenters. The van der Waals surface area contributed by atoms with Gasteiger partial charge in [0, 0.05) is 66.3 Å². The topological polar surface area (TPSA) is 39.3 Å². The predicted octanol–water partition coefficient (Wildman–Crippen LogP) is 3.90. The molecule has 1 aliphatic rings. The van der Waals surface area contributed by atoms with E-state index < -0.39 is 0 Å². The van der Waals surface area contributed by atoms with Crippen molar-refractivity contribution in [2.75, 3.05) is 25.0 Å². The van der Waals surface area contributed by atoms with Gasteiger partial charge in [0.25, 0.3) is 0 Å². The minimum absolute atomic E-state index is 0.0175. The largest absolute Gasteiger partial charge is 0.370 e. The SMILES string of the molecule is CC(=O)N(C)C1CCN(c2cc(Cl)cc3[nH]ccc23)CC1(C)C. The fourth-order valence-electron chi connectivity index (χ4n) is 3.86. The lowest BCUT2D eigenvalue weighted by molar-refractivity contribution is -0.132. The Morgan fingerprint density at radius 1 is 1.43 bits per heavy atom. The number of anilines is 1. The molecule has 1 saturated heterocycles. The maximum atomic E-state index is 11.8. The lowest BCUT2D eigenvalue weighted by atomic mass is 9.78. The van der Waals surface area contributed by atoms with Crippen LogP contribution in [0.25, 0.3) is 10.9 Å². The van der Waals surface area contributed by atoms with Crippen LogP contribution in [-0.4, -0.2) is 42.0 Å². The Labute approximate surface area is 142 Å². The number of benzene rings is 1. The standard InChI is InChI=1S/C18H24ClN3O/c1-12(23)21(4)17-6-8-22(11-18(17,2)3)16-10-13(19)9-15-14(16)5-7-20-15/h5,7,9-10,17,20H,6,8,11H2,1-4H3. The van der Waals surface area contributed by atoms with Gasteiger partial charge in [-0.2, -0.15) is 0 Å². The normalized spacial score (nSPS) is 20.7. The van der Waals surface area contributed by atoms with Crippen LogP contribution in [0.3, 0.4) is 0 Å². The molecule has 1 fully saturated rings. The third kappa shape index (κ3) is 2.92. The fraction of sp³-hybridized carbons (Fsp3) is 0.500. The molecule has 0 bridgehead atoms. The number of nitrogens with zero attached hydrogens (tertiary/aromatic N) is 2. The summed E-state index contributed by atoms with van der Waals surface area (Å²) in [6.45, 7) is 7.94. The van der Waals surface area contributed by atoms with Crippen molar-refractivity contribution in [3.63, 3.8) is 0 Å². The first-order chi connectivity index (χ1) is 10.8. The van der Waals surface area contributed by atoms with Crippen molar-refractivity contribution in [2.24, 2.45) is 5.41 Å². The summed E-state index contributed by atoms with van der Waals surface area (Å²) in [5, 5.41) is 1.94. The van der Waals surface area contributed by atoms with E-state index in [-0.39, 0.29) is 17.4 Å². The van der Waals surface area contributed by atoms with Gasteiger partial charge in [-0.05, 0) is 24.6 Å². The monoisotopic (exact) mass is 333 g/mol. The van der Waals surface area contributed by atoms with E-state index in [4.69, 9.17) is 11.6 Å². The Balaban J connectivity index is 1.92. The van der Waals surface area contributed by atoms with E-state index in [1.807, 2.05) is 30.3 Å². The summed E-state index contributed by atoms with van der Waals surface area (Å²) < 4.78 is 0. The van der Waals surface area contributed by atoms with Crippen molar-refractivity contribution in [1.82, 2.24) is 9.88 Å². The Morgan fingerprint density at radius 2 is 2.17 bits per heavy atom. The quantitative estimate of drug-likeness (QED) is 0.905. The smallest absolute Gasteiger partial charge is 0.219 e. The molecule has 5 heteroatoms. The average molecular weight is 334 g/mol. The summed E-state index contributed by atoms with van der Waals surface area (Å²) in [7, 11) is 1.91. The summed E-state index contributed by atoms with van der Waals surface area (Å²) in [4.78, 5) is 19.3. The summed E-state index contributed by atoms with van der Waals surface area (Å²) in [5.74, 6) is 0.132. The highest BCUT2D eigenvalue weighted by Crippen LogP contribution is 2.38. The molecule has 1 aromatic heterocycles. The minimum atomic E-state index is 0.0175. The Morgan fingerprint density at radius 3 is 2.83 bits per heavy atom. The highest BCUT2D eigenvalue weighted by atomic mass is 35.5. The van der Waals surface area contributed by atoms with Gasteiger partial charge in [-0.3, -0.25) is 4.79 Å². The lowest BCUT2D eigenvalue weighted by Crippen LogP contribution is -2.56. The number of carbonyl (C=O) groups excluding carboxylic acids is 1. The molecule has 3 rings (SSSR count). The van der Waals surface area contributed by atoms with E-state index >= 15 is 0 Å². The third-order valence-corrected chi connectivity index (χ3v) is 5.31. The number of H-pyrrole nitrogens is 1. The van der Waals surface area contributed by atoms with Crippen LogP contribution >= 0.6 is 11.6 Å². The first kappa shape index (κ1) is 16.2. The number of nitrogens with one attached hydrogen (secondary N) is 1. The van der Waals surface area contributed by atoms with E-state index in [1.54, 1.807) is 6.92 Å². The average Bonchev–Trinajstić information content (AvgIpc) is 2.92. The summed E-state index contributed by atoms with van der Waals surface area (Å²) >= 11 is 6.29. The Bertz CT molecular complexity index is 737. The molecule has 4 nitrogen and oxygen atoms in total. The number of hydrogen-bond donors (Lipinski definition) is 1. The first-order valence-corrected chi connectivity index (χ1v) is 8.42. The molecule has 0 spiro atoms. The number of rotatable bonds is 2. The molecule has 124 valence electrons. The molecule has 1 aromatic carbocycles. The fourth-order valence-corrected chi connectivity index (χ4v) is 4.08. The van der Waals surface area contributed by atoms with Crippen LogP contribution in [0.2, 0.25) is 5.02 Å². The molecule has 2 heterocycles. The second-order valence-electron chi connectivity index (χ2n) is 7.21. The maximum absolute atomic E-state index is 11.8. The van der Waals surface area contributed by atoms with Crippen LogP contribution in [0.4, 0.5) is 5.69 Å². The van der Waals surface area contributed by atoms with Crippen molar-refractivity contribution in [3.8, 4) is 0 Å². The molecule has 1 N–H and O–H groups in total. The van der Waals surface area contributed by atoms with E-state index in [2.05, 4.69) is 29.8 Å². The van der Waals surface area contributed by atoms with Crippen LogP contribution in [0.1, 0.15) is 27.2 Å². The highest BCUT2D eigenvalue weighted by Gasteiger charge is 2.39. The first-order valence-electron chi connectivity index (χ1n) is 8.04. The number of halogens is 1. The number of hydrogen-bond acceptors (Lipinski definition) is 2. The van der Waals surface area contributed by atoms with Crippen LogP contribution < -0.4 is 4.90 Å². The minimum Gasteiger partial charge on any atom is -0.370 e. The second kappa shape index (κ2) is 5.75. The van der Waals surface area contributed by atoms with E-state index in [0.29, 0.717) is 0 Å². The van der Waals surface area contributed by atoms with Crippen LogP contribution in [0, 0.1) is 5.41 Å². The Kier molecular flexibility index (Phi) is 4.05. The van der Waals surface area contributed by atoms with Gasteiger partial charge in [-0.1, -0.05) is 25.4 Å². The molecule has 1 aliphatic heterocycles. The zero-order chi connectivity index (χ0) is 16.8. The van der Waals surface area contributed by atoms with Gasteiger partial charge in [0.1, 0.15) is 0 Å². The second-order valence-corrected chi connectivity index (χ2v) is 7.64. The molecule has 1 amide bonds. The predicted molar refractivity (Wildman–Crippen MR) is 96.2 cm³/mol. The van der Waals surface area contributed by atoms with Crippen molar-refractivity contribution in [2.45, 2.75) is 33.2 Å². The molecular weight excluding hydrogens is 310 g/mol. The summed E-state index contributed by atoms with van der Waals surface area (Å²) in [6, 6.07) is 6.36. The molecule has 1 atom stereocenters. The summed E-state index contributed by atoms with van der Waals surface area (Å²) in [5.41, 5.74) is 2.25. The van der Waals surface area contributed by atoms with E-state index in [0.717, 1.165) is 30.0 Å². The number of aromatic nitrogens is 1. The summed E-state index contributed by atoms with van der Waals surface area (Å²) in [6.07, 6.45) is 2.91. The van der Waals surface area contributed by atoms with Crippen molar-refractivity contribution < 1.29 is 4.79 Å². The molecule has 0 aliphatic carbocycles. The third-order valence-electron chi connectivity index (χ3n) is 5.09. The lowest BCUT2D eigenvalue weighted by Gasteiger charge is -2.48. The zero-order valence-corrected chi connectivity index (χ0v) is 14.9. The van der Waals surface area contributed by atoms with Crippen LogP contribution in [0.5, 0.6) is 0 Å². The van der Waals surface area contributed by atoms with Crippen molar-refractivity contribution >= 4 is 34.1 Å².